The molecule has 18 heavy (non-hydrogen) atoms. The lowest BCUT2D eigenvalue weighted by atomic mass is 10.1. The number of nitrogens with zero attached hydrogens (tertiary/aromatic N) is 2. The third-order valence-corrected chi connectivity index (χ3v) is 3.51. The van der Waals surface area contributed by atoms with E-state index in [2.05, 4.69) is 15.3 Å². The number of nitrogens with one attached hydrogen (secondary N) is 1. The maximum Gasteiger partial charge on any atom is 0.221 e. The first kappa shape index (κ1) is 13.1. The van der Waals surface area contributed by atoms with Crippen LogP contribution in [0.2, 0.25) is 0 Å². The van der Waals surface area contributed by atoms with Crippen molar-refractivity contribution < 1.29 is 4.74 Å². The Labute approximate surface area is 109 Å². The molecular weight excluding hydrogens is 226 g/mol. The van der Waals surface area contributed by atoms with Gasteiger partial charge in [-0.25, -0.2) is 9.97 Å². The Kier molecular flexibility index (Phi) is 4.79. The number of hydrogen-bond donors (Lipinski definition) is 1. The lowest BCUT2D eigenvalue weighted by Gasteiger charge is -2.18. The van der Waals surface area contributed by atoms with E-state index >= 15 is 0 Å². The van der Waals surface area contributed by atoms with Crippen molar-refractivity contribution in [3.63, 3.8) is 0 Å². The number of ether oxygens (including phenoxy) is 1. The van der Waals surface area contributed by atoms with E-state index in [1.54, 1.807) is 6.33 Å². The van der Waals surface area contributed by atoms with Gasteiger partial charge in [-0.1, -0.05) is 25.7 Å². The van der Waals surface area contributed by atoms with E-state index in [0.29, 0.717) is 18.5 Å². The standard InChI is InChI=1S/C14H23N3O/c1-3-18-14-11(2)13(15-10-16-14)17-12-8-6-4-5-7-9-12/h10,12H,3-9H2,1-2H3,(H,15,16,17). The van der Waals surface area contributed by atoms with Crippen LogP contribution in [-0.4, -0.2) is 22.6 Å². The highest BCUT2D eigenvalue weighted by atomic mass is 16.5. The zero-order chi connectivity index (χ0) is 12.8. The van der Waals surface area contributed by atoms with Crippen molar-refractivity contribution in [1.29, 1.82) is 0 Å². The molecule has 1 aliphatic rings. The Hall–Kier alpha value is -1.32. The van der Waals surface area contributed by atoms with Crippen LogP contribution in [0, 0.1) is 6.92 Å². The molecule has 1 aromatic heterocycles. The van der Waals surface area contributed by atoms with Gasteiger partial charge in [0.15, 0.2) is 0 Å². The van der Waals surface area contributed by atoms with E-state index in [-0.39, 0.29) is 0 Å². The van der Waals surface area contributed by atoms with Crippen molar-refractivity contribution in [2.45, 2.75) is 58.4 Å². The highest BCUT2D eigenvalue weighted by molar-refractivity contribution is 5.48. The molecular formula is C14H23N3O. The van der Waals surface area contributed by atoms with Crippen molar-refractivity contribution in [3.05, 3.63) is 11.9 Å². The van der Waals surface area contributed by atoms with Crippen molar-refractivity contribution in [2.75, 3.05) is 11.9 Å². The van der Waals surface area contributed by atoms with Crippen LogP contribution in [0.15, 0.2) is 6.33 Å². The summed E-state index contributed by atoms with van der Waals surface area (Å²) in [5.74, 6) is 1.63. The summed E-state index contributed by atoms with van der Waals surface area (Å²) in [5, 5.41) is 3.56. The van der Waals surface area contributed by atoms with E-state index in [9.17, 15) is 0 Å². The van der Waals surface area contributed by atoms with Gasteiger partial charge in [0.2, 0.25) is 5.88 Å². The van der Waals surface area contributed by atoms with Gasteiger partial charge in [-0.05, 0) is 26.7 Å². The summed E-state index contributed by atoms with van der Waals surface area (Å²) in [6.07, 6.45) is 9.44. The van der Waals surface area contributed by atoms with Crippen LogP contribution in [-0.2, 0) is 0 Å². The average Bonchev–Trinajstić information content (AvgIpc) is 2.63. The van der Waals surface area contributed by atoms with Crippen LogP contribution in [0.4, 0.5) is 5.82 Å². The number of hydrogen-bond acceptors (Lipinski definition) is 4. The molecule has 0 saturated heterocycles. The first-order chi connectivity index (χ1) is 8.81. The molecule has 1 fully saturated rings. The summed E-state index contributed by atoms with van der Waals surface area (Å²) in [4.78, 5) is 8.51. The molecule has 0 spiro atoms. The molecule has 4 heteroatoms. The minimum atomic E-state index is 0.551. The summed E-state index contributed by atoms with van der Waals surface area (Å²) >= 11 is 0. The predicted molar refractivity (Wildman–Crippen MR) is 73.1 cm³/mol. The molecule has 1 aliphatic carbocycles. The zero-order valence-corrected chi connectivity index (χ0v) is 11.4. The molecule has 4 nitrogen and oxygen atoms in total. The summed E-state index contributed by atoms with van der Waals surface area (Å²) in [7, 11) is 0. The SMILES string of the molecule is CCOc1ncnc(NC2CCCCCC2)c1C. The quantitative estimate of drug-likeness (QED) is 0.832. The molecule has 0 unspecified atom stereocenters. The summed E-state index contributed by atoms with van der Waals surface area (Å²) < 4.78 is 5.50. The van der Waals surface area contributed by atoms with Crippen LogP contribution < -0.4 is 10.1 Å². The van der Waals surface area contributed by atoms with Crippen molar-refractivity contribution in [1.82, 2.24) is 9.97 Å². The van der Waals surface area contributed by atoms with Gasteiger partial charge in [0.05, 0.1) is 12.2 Å². The van der Waals surface area contributed by atoms with E-state index in [0.717, 1.165) is 11.4 Å². The van der Waals surface area contributed by atoms with Crippen LogP contribution in [0.25, 0.3) is 0 Å². The Morgan fingerprint density at radius 2 is 1.94 bits per heavy atom. The molecule has 1 saturated carbocycles. The fourth-order valence-electron chi connectivity index (χ4n) is 2.48. The predicted octanol–water partition coefficient (Wildman–Crippen LogP) is 3.32. The van der Waals surface area contributed by atoms with Gasteiger partial charge in [0, 0.05) is 6.04 Å². The van der Waals surface area contributed by atoms with Gasteiger partial charge in [-0.15, -0.1) is 0 Å². The first-order valence-electron chi connectivity index (χ1n) is 7.02. The molecule has 1 heterocycles. The monoisotopic (exact) mass is 249 g/mol. The van der Waals surface area contributed by atoms with E-state index in [1.807, 2.05) is 13.8 Å². The summed E-state index contributed by atoms with van der Waals surface area (Å²) in [6, 6.07) is 0.551. The lowest BCUT2D eigenvalue weighted by Crippen LogP contribution is -2.20. The second kappa shape index (κ2) is 6.57. The molecule has 1 aromatic rings. The Bertz CT molecular complexity index is 373. The Balaban J connectivity index is 2.05. The number of anilines is 1. The van der Waals surface area contributed by atoms with Gasteiger partial charge in [-0.2, -0.15) is 0 Å². The first-order valence-corrected chi connectivity index (χ1v) is 7.02. The molecule has 0 aromatic carbocycles. The summed E-state index contributed by atoms with van der Waals surface area (Å²) in [6.45, 7) is 4.63. The van der Waals surface area contributed by atoms with Crippen LogP contribution >= 0.6 is 0 Å². The third-order valence-electron chi connectivity index (χ3n) is 3.51. The van der Waals surface area contributed by atoms with Gasteiger partial charge < -0.3 is 10.1 Å². The van der Waals surface area contributed by atoms with Gasteiger partial charge in [0.25, 0.3) is 0 Å². The van der Waals surface area contributed by atoms with E-state index in [1.165, 1.54) is 38.5 Å². The third kappa shape index (κ3) is 3.34. The molecule has 0 amide bonds. The number of aromatic nitrogens is 2. The fourth-order valence-corrected chi connectivity index (χ4v) is 2.48. The molecule has 0 radical (unpaired) electrons. The maximum absolute atomic E-state index is 5.50. The van der Waals surface area contributed by atoms with Crippen molar-refractivity contribution in [2.24, 2.45) is 0 Å². The molecule has 0 bridgehead atoms. The normalized spacial score (nSPS) is 17.2. The largest absolute Gasteiger partial charge is 0.478 e. The highest BCUT2D eigenvalue weighted by Crippen LogP contribution is 2.24. The zero-order valence-electron chi connectivity index (χ0n) is 11.4. The Morgan fingerprint density at radius 3 is 2.61 bits per heavy atom. The Morgan fingerprint density at radius 1 is 1.22 bits per heavy atom. The van der Waals surface area contributed by atoms with Crippen LogP contribution in [0.5, 0.6) is 5.88 Å². The molecule has 100 valence electrons. The second-order valence-corrected chi connectivity index (χ2v) is 4.92. The topological polar surface area (TPSA) is 47.0 Å². The smallest absolute Gasteiger partial charge is 0.221 e. The van der Waals surface area contributed by atoms with Gasteiger partial charge in [-0.3, -0.25) is 0 Å². The molecule has 0 aliphatic heterocycles. The average molecular weight is 249 g/mol. The van der Waals surface area contributed by atoms with Gasteiger partial charge in [0.1, 0.15) is 12.1 Å². The molecule has 0 atom stereocenters. The summed E-state index contributed by atoms with van der Waals surface area (Å²) in [5.41, 5.74) is 1.02. The highest BCUT2D eigenvalue weighted by Gasteiger charge is 2.15. The maximum atomic E-state index is 5.50. The fraction of sp³-hybridized carbons (Fsp3) is 0.714. The number of rotatable bonds is 4. The molecule has 2 rings (SSSR count). The lowest BCUT2D eigenvalue weighted by molar-refractivity contribution is 0.323. The second-order valence-electron chi connectivity index (χ2n) is 4.92. The molecule has 1 N–H and O–H groups in total. The van der Waals surface area contributed by atoms with Crippen LogP contribution in [0.3, 0.4) is 0 Å². The van der Waals surface area contributed by atoms with E-state index < -0.39 is 0 Å². The minimum Gasteiger partial charge on any atom is -0.478 e. The van der Waals surface area contributed by atoms with Crippen LogP contribution in [0.1, 0.15) is 51.0 Å². The van der Waals surface area contributed by atoms with Crippen molar-refractivity contribution in [3.8, 4) is 5.88 Å². The minimum absolute atomic E-state index is 0.551. The van der Waals surface area contributed by atoms with Gasteiger partial charge >= 0.3 is 0 Å². The van der Waals surface area contributed by atoms with E-state index in [4.69, 9.17) is 4.74 Å². The van der Waals surface area contributed by atoms with Crippen molar-refractivity contribution >= 4 is 5.82 Å².